The number of carboxylic acids is 1. The highest BCUT2D eigenvalue weighted by Gasteiger charge is 2.57. The van der Waals surface area contributed by atoms with Crippen LogP contribution >= 0.6 is 11.6 Å². The van der Waals surface area contributed by atoms with E-state index in [1.54, 1.807) is 23.1 Å². The normalized spacial score (nSPS) is 21.2. The van der Waals surface area contributed by atoms with E-state index in [9.17, 15) is 19.5 Å². The van der Waals surface area contributed by atoms with Gasteiger partial charge in [-0.15, -0.1) is 0 Å². The predicted octanol–water partition coefficient (Wildman–Crippen LogP) is 2.44. The average molecular weight is 385 g/mol. The molecule has 2 aromatic rings. The highest BCUT2D eigenvalue weighted by atomic mass is 35.5. The molecule has 2 aliphatic rings. The maximum Gasteiger partial charge on any atom is 0.323 e. The molecular weight excluding hydrogens is 368 g/mol. The second kappa shape index (κ2) is 6.39. The van der Waals surface area contributed by atoms with Gasteiger partial charge < -0.3 is 14.9 Å². The van der Waals surface area contributed by atoms with Crippen molar-refractivity contribution in [2.45, 2.75) is 18.4 Å². The molecule has 138 valence electrons. The van der Waals surface area contributed by atoms with E-state index in [2.05, 4.69) is 0 Å². The molecule has 7 heteroatoms. The Hall–Kier alpha value is -2.86. The third-order valence-electron chi connectivity index (χ3n) is 5.20. The molecule has 4 rings (SSSR count). The first-order valence-electron chi connectivity index (χ1n) is 8.56. The Balaban J connectivity index is 1.72. The lowest BCUT2D eigenvalue weighted by Crippen LogP contribution is -2.44. The average Bonchev–Trinajstić information content (AvgIpc) is 3.06. The summed E-state index contributed by atoms with van der Waals surface area (Å²) in [7, 11) is 0. The quantitative estimate of drug-likeness (QED) is 0.878. The maximum absolute atomic E-state index is 13.2. The molecule has 1 unspecified atom stereocenters. The van der Waals surface area contributed by atoms with E-state index in [4.69, 9.17) is 11.6 Å². The number of aliphatic carboxylic acids is 1. The summed E-state index contributed by atoms with van der Waals surface area (Å²) < 4.78 is 0. The zero-order valence-electron chi connectivity index (χ0n) is 14.4. The number of fused-ring (bicyclic) bond motifs is 2. The van der Waals surface area contributed by atoms with Gasteiger partial charge in [0.05, 0.1) is 0 Å². The van der Waals surface area contributed by atoms with Crippen molar-refractivity contribution in [3.05, 3.63) is 64.7 Å². The van der Waals surface area contributed by atoms with E-state index in [0.717, 1.165) is 5.56 Å². The molecule has 2 heterocycles. The van der Waals surface area contributed by atoms with E-state index in [1.807, 2.05) is 30.3 Å². The fourth-order valence-electron chi connectivity index (χ4n) is 4.01. The summed E-state index contributed by atoms with van der Waals surface area (Å²) >= 11 is 6.14. The number of halogens is 1. The van der Waals surface area contributed by atoms with Crippen molar-refractivity contribution in [1.29, 1.82) is 0 Å². The first-order valence-corrected chi connectivity index (χ1v) is 8.94. The molecule has 6 nitrogen and oxygen atoms in total. The summed E-state index contributed by atoms with van der Waals surface area (Å²) in [5, 5.41) is 9.66. The number of likely N-dealkylation sites (tertiary alicyclic amines) is 1. The number of rotatable bonds is 4. The lowest BCUT2D eigenvalue weighted by atomic mass is 9.81. The van der Waals surface area contributed by atoms with Gasteiger partial charge in [-0.25, -0.2) is 0 Å². The van der Waals surface area contributed by atoms with Gasteiger partial charge in [0.15, 0.2) is 0 Å². The molecule has 0 bridgehead atoms. The number of carbonyl (C=O) groups is 3. The van der Waals surface area contributed by atoms with Crippen molar-refractivity contribution in [3.63, 3.8) is 0 Å². The Morgan fingerprint density at radius 2 is 1.89 bits per heavy atom. The third-order valence-corrected chi connectivity index (χ3v) is 5.43. The minimum absolute atomic E-state index is 0.0160. The monoisotopic (exact) mass is 384 g/mol. The summed E-state index contributed by atoms with van der Waals surface area (Å²) in [4.78, 5) is 40.1. The molecule has 27 heavy (non-hydrogen) atoms. The minimum atomic E-state index is -1.10. The summed E-state index contributed by atoms with van der Waals surface area (Å²) in [6.07, 6.45) is 0.0160. The zero-order chi connectivity index (χ0) is 19.2. The van der Waals surface area contributed by atoms with Crippen molar-refractivity contribution in [3.8, 4) is 0 Å². The molecule has 1 saturated heterocycles. The van der Waals surface area contributed by atoms with Crippen LogP contribution in [-0.4, -0.2) is 40.9 Å². The van der Waals surface area contributed by atoms with E-state index in [1.165, 1.54) is 4.90 Å². The van der Waals surface area contributed by atoms with Crippen LogP contribution < -0.4 is 4.90 Å². The lowest BCUT2D eigenvalue weighted by Gasteiger charge is -2.23. The highest BCUT2D eigenvalue weighted by molar-refractivity contribution is 6.31. The van der Waals surface area contributed by atoms with Crippen LogP contribution in [0.5, 0.6) is 0 Å². The molecule has 2 aliphatic heterocycles. The molecule has 0 radical (unpaired) electrons. The zero-order valence-corrected chi connectivity index (χ0v) is 15.1. The predicted molar refractivity (Wildman–Crippen MR) is 99.6 cm³/mol. The summed E-state index contributed by atoms with van der Waals surface area (Å²) in [6.45, 7) is 0.175. The van der Waals surface area contributed by atoms with Crippen molar-refractivity contribution in [2.24, 2.45) is 0 Å². The molecule has 0 aromatic heterocycles. The molecular formula is C20H17ClN2O4. The number of anilines is 1. The summed E-state index contributed by atoms with van der Waals surface area (Å²) in [5.41, 5.74) is 1.04. The molecule has 2 aromatic carbocycles. The van der Waals surface area contributed by atoms with Crippen molar-refractivity contribution in [1.82, 2.24) is 4.90 Å². The molecule has 1 N–H and O–H groups in total. The summed E-state index contributed by atoms with van der Waals surface area (Å²) in [6, 6.07) is 14.5. The van der Waals surface area contributed by atoms with Gasteiger partial charge in [-0.2, -0.15) is 0 Å². The van der Waals surface area contributed by atoms with Crippen LogP contribution in [0, 0.1) is 0 Å². The van der Waals surface area contributed by atoms with E-state index in [-0.39, 0.29) is 24.8 Å². The van der Waals surface area contributed by atoms with Crippen molar-refractivity contribution < 1.29 is 19.5 Å². The van der Waals surface area contributed by atoms with Crippen LogP contribution in [0.25, 0.3) is 0 Å². The number of hydrogen-bond donors (Lipinski definition) is 1. The minimum Gasteiger partial charge on any atom is -0.480 e. The first kappa shape index (κ1) is 17.5. The van der Waals surface area contributed by atoms with E-state index in [0.29, 0.717) is 22.8 Å². The van der Waals surface area contributed by atoms with Gasteiger partial charge in [0.1, 0.15) is 12.0 Å². The number of amides is 2. The lowest BCUT2D eigenvalue weighted by molar-refractivity contribution is -0.137. The van der Waals surface area contributed by atoms with Gasteiger partial charge in [0, 0.05) is 30.2 Å². The Labute approximate surface area is 160 Å². The molecule has 1 atom stereocenters. The molecule has 1 spiro atoms. The van der Waals surface area contributed by atoms with Crippen LogP contribution in [0.3, 0.4) is 0 Å². The van der Waals surface area contributed by atoms with Gasteiger partial charge in [-0.05, 0) is 29.3 Å². The van der Waals surface area contributed by atoms with Gasteiger partial charge in [-0.3, -0.25) is 14.4 Å². The van der Waals surface area contributed by atoms with Gasteiger partial charge in [0.25, 0.3) is 0 Å². The molecule has 0 saturated carbocycles. The standard InChI is InChI=1S/C20H17ClN2O4/c21-14-6-7-16-15(8-14)20(19(27)23(16)11-18(25)26)9-17(24)22(12-20)10-13-4-2-1-3-5-13/h1-8H,9-12H2,(H,25,26). The second-order valence-corrected chi connectivity index (χ2v) is 7.38. The largest absolute Gasteiger partial charge is 0.480 e. The van der Waals surface area contributed by atoms with Crippen molar-refractivity contribution >= 4 is 35.1 Å². The fourth-order valence-corrected chi connectivity index (χ4v) is 4.19. The van der Waals surface area contributed by atoms with Crippen LogP contribution in [0.1, 0.15) is 17.5 Å². The number of hydrogen-bond acceptors (Lipinski definition) is 3. The fraction of sp³-hybridized carbons (Fsp3) is 0.250. The van der Waals surface area contributed by atoms with Crippen LogP contribution in [0.2, 0.25) is 5.02 Å². The first-order chi connectivity index (χ1) is 12.9. The Morgan fingerprint density at radius 3 is 2.59 bits per heavy atom. The van der Waals surface area contributed by atoms with Gasteiger partial charge in [-0.1, -0.05) is 41.9 Å². The van der Waals surface area contributed by atoms with E-state index >= 15 is 0 Å². The SMILES string of the molecule is O=C(O)CN1C(=O)C2(CC(=O)N(Cc3ccccc3)C2)c2cc(Cl)ccc21. The van der Waals surface area contributed by atoms with Crippen LogP contribution in [0.4, 0.5) is 5.69 Å². The smallest absolute Gasteiger partial charge is 0.323 e. The molecule has 2 amide bonds. The Bertz CT molecular complexity index is 946. The maximum atomic E-state index is 13.2. The van der Waals surface area contributed by atoms with Crippen LogP contribution in [0.15, 0.2) is 48.5 Å². The topological polar surface area (TPSA) is 77.9 Å². The summed E-state index contributed by atoms with van der Waals surface area (Å²) in [5.74, 6) is -1.59. The molecule has 1 fully saturated rings. The van der Waals surface area contributed by atoms with Crippen LogP contribution in [-0.2, 0) is 26.3 Å². The highest BCUT2D eigenvalue weighted by Crippen LogP contribution is 2.48. The Kier molecular flexibility index (Phi) is 4.15. The second-order valence-electron chi connectivity index (χ2n) is 6.94. The third kappa shape index (κ3) is 2.86. The molecule has 0 aliphatic carbocycles. The van der Waals surface area contributed by atoms with Gasteiger partial charge in [0.2, 0.25) is 11.8 Å². The Morgan fingerprint density at radius 1 is 1.15 bits per heavy atom. The van der Waals surface area contributed by atoms with Gasteiger partial charge >= 0.3 is 5.97 Å². The number of benzene rings is 2. The number of nitrogens with zero attached hydrogens (tertiary/aromatic N) is 2. The van der Waals surface area contributed by atoms with E-state index < -0.39 is 17.9 Å². The number of carbonyl (C=O) groups excluding carboxylic acids is 2. The van der Waals surface area contributed by atoms with Crippen molar-refractivity contribution in [2.75, 3.05) is 18.0 Å². The number of carboxylic acid groups (broad SMARTS) is 1.